The Morgan fingerprint density at radius 2 is 1.52 bits per heavy atom. The number of hydrogen-bond donors (Lipinski definition) is 2. The summed E-state index contributed by atoms with van der Waals surface area (Å²) >= 11 is 1.61. The van der Waals surface area contributed by atoms with Crippen LogP contribution >= 0.6 is 11.3 Å². The minimum Gasteiger partial charge on any atom is -0.506 e. The van der Waals surface area contributed by atoms with Crippen molar-refractivity contribution in [3.05, 3.63) is 40.5 Å². The van der Waals surface area contributed by atoms with Crippen molar-refractivity contribution in [3.8, 4) is 5.75 Å². The smallest absolute Gasteiger partial charge is 0.141 e. The highest BCUT2D eigenvalue weighted by atomic mass is 32.2. The molecule has 2 N–H and O–H groups in total. The number of thiophene rings is 1. The molecule has 2 aliphatic rings. The molecule has 1 aliphatic heterocycles. The van der Waals surface area contributed by atoms with Crippen LogP contribution in [0.2, 0.25) is 0 Å². The number of H-pyrrole nitrogens is 1. The molecule has 2 aromatic heterocycles. The Balaban J connectivity index is 1.74. The first-order valence-electron chi connectivity index (χ1n) is 10.4. The molecule has 7 aromatic rings. The van der Waals surface area contributed by atoms with Gasteiger partial charge in [-0.3, -0.25) is 9.00 Å². The van der Waals surface area contributed by atoms with Gasteiger partial charge in [0.05, 0.1) is 4.70 Å². The Hall–Kier alpha value is -2.96. The van der Waals surface area contributed by atoms with E-state index in [0.29, 0.717) is 24.3 Å². The fraction of sp³-hybridized carbons (Fsp3) is 0.160. The molecule has 0 amide bonds. The van der Waals surface area contributed by atoms with Crippen molar-refractivity contribution in [2.24, 2.45) is 0 Å². The van der Waals surface area contributed by atoms with E-state index in [9.17, 15) is 14.1 Å². The van der Waals surface area contributed by atoms with Crippen molar-refractivity contribution in [2.45, 2.75) is 24.3 Å². The maximum Gasteiger partial charge on any atom is 0.141 e. The normalized spacial score (nSPS) is 19.1. The summed E-state index contributed by atoms with van der Waals surface area (Å²) in [7, 11) is -0.902. The number of phenols is 1. The molecule has 9 rings (SSSR count). The van der Waals surface area contributed by atoms with Gasteiger partial charge in [-0.05, 0) is 45.7 Å². The van der Waals surface area contributed by atoms with Gasteiger partial charge >= 0.3 is 0 Å². The maximum atomic E-state index is 12.6. The van der Waals surface area contributed by atoms with Gasteiger partial charge in [0.1, 0.15) is 11.5 Å². The van der Waals surface area contributed by atoms with Crippen LogP contribution in [0.15, 0.2) is 18.2 Å². The predicted octanol–water partition coefficient (Wildman–Crippen LogP) is 5.44. The summed E-state index contributed by atoms with van der Waals surface area (Å²) in [5, 5.41) is 21.0. The van der Waals surface area contributed by atoms with E-state index < -0.39 is 10.8 Å². The fourth-order valence-corrected chi connectivity index (χ4v) is 9.15. The molecule has 31 heavy (non-hydrogen) atoms. The van der Waals surface area contributed by atoms with Crippen LogP contribution in [0.1, 0.15) is 22.3 Å². The number of ketones is 1. The van der Waals surface area contributed by atoms with Gasteiger partial charge < -0.3 is 10.1 Å². The van der Waals surface area contributed by atoms with Crippen LogP contribution in [0.4, 0.5) is 0 Å². The third-order valence-electron chi connectivity index (χ3n) is 7.60. The molecular weight excluding hydrogens is 426 g/mol. The highest BCUT2D eigenvalue weighted by Crippen LogP contribution is 2.57. The largest absolute Gasteiger partial charge is 0.506 e. The first kappa shape index (κ1) is 15.8. The lowest BCUT2D eigenvalue weighted by atomic mass is 9.81. The Morgan fingerprint density at radius 1 is 0.806 bits per heavy atom. The standard InChI is InChI=1S/C25H13NO3S2/c27-11-1-8-2-13-19-18-14(26-13)3-9-6-31(29)7-10-4-15-20(21(18)16(9)10)23-22(19)17(8)12(5-11)24(28)25(23)30-15/h2-4,26,28H,1,5-7H2. The molecule has 0 saturated carbocycles. The van der Waals surface area contributed by atoms with Crippen LogP contribution in [0.3, 0.4) is 0 Å². The third kappa shape index (κ3) is 1.54. The van der Waals surface area contributed by atoms with Crippen molar-refractivity contribution in [1.29, 1.82) is 0 Å². The first-order valence-corrected chi connectivity index (χ1v) is 12.7. The topological polar surface area (TPSA) is 70.2 Å². The van der Waals surface area contributed by atoms with Crippen molar-refractivity contribution < 1.29 is 14.1 Å². The van der Waals surface area contributed by atoms with Crippen LogP contribution in [0, 0.1) is 0 Å². The summed E-state index contributed by atoms with van der Waals surface area (Å²) in [5.41, 5.74) is 6.24. The highest BCUT2D eigenvalue weighted by Gasteiger charge is 2.33. The highest BCUT2D eigenvalue weighted by molar-refractivity contribution is 7.83. The number of aromatic hydroxyl groups is 1. The Morgan fingerprint density at radius 3 is 2.32 bits per heavy atom. The summed E-state index contributed by atoms with van der Waals surface area (Å²) in [4.78, 5) is 16.2. The quantitative estimate of drug-likeness (QED) is 0.244. The molecule has 0 spiro atoms. The number of nitrogens with one attached hydrogen (secondary N) is 1. The molecule has 0 radical (unpaired) electrons. The second kappa shape index (κ2) is 4.61. The predicted molar refractivity (Wildman–Crippen MR) is 127 cm³/mol. The molecule has 3 heterocycles. The zero-order valence-corrected chi connectivity index (χ0v) is 17.8. The molecule has 6 heteroatoms. The summed E-state index contributed by atoms with van der Waals surface area (Å²) in [5.74, 6) is 1.60. The third-order valence-corrected chi connectivity index (χ3v) is 10.0. The molecule has 1 atom stereocenters. The van der Waals surface area contributed by atoms with Crippen LogP contribution in [-0.2, 0) is 39.9 Å². The van der Waals surface area contributed by atoms with E-state index in [1.165, 1.54) is 32.3 Å². The van der Waals surface area contributed by atoms with E-state index in [1.807, 2.05) is 0 Å². The van der Waals surface area contributed by atoms with Gasteiger partial charge in [0, 0.05) is 88.8 Å². The van der Waals surface area contributed by atoms with Gasteiger partial charge in [-0.2, -0.15) is 0 Å². The molecule has 5 aromatic carbocycles. The zero-order chi connectivity index (χ0) is 20.3. The summed E-state index contributed by atoms with van der Waals surface area (Å²) < 4.78 is 14.7. The molecule has 1 aliphatic carbocycles. The van der Waals surface area contributed by atoms with Crippen molar-refractivity contribution >= 4 is 91.4 Å². The molecule has 4 nitrogen and oxygen atoms in total. The van der Waals surface area contributed by atoms with Crippen LogP contribution in [0.5, 0.6) is 5.75 Å². The maximum absolute atomic E-state index is 12.6. The minimum atomic E-state index is -0.902. The number of aromatic amines is 1. The van der Waals surface area contributed by atoms with E-state index >= 15 is 0 Å². The Bertz CT molecular complexity index is 1990. The first-order chi connectivity index (χ1) is 15.1. The second-order valence-electron chi connectivity index (χ2n) is 9.20. The number of rotatable bonds is 0. The second-order valence-corrected chi connectivity index (χ2v) is 11.7. The van der Waals surface area contributed by atoms with E-state index in [2.05, 4.69) is 23.2 Å². The van der Waals surface area contributed by atoms with E-state index in [0.717, 1.165) is 53.5 Å². The van der Waals surface area contributed by atoms with Gasteiger partial charge in [0.2, 0.25) is 0 Å². The lowest BCUT2D eigenvalue weighted by Crippen LogP contribution is -2.14. The summed E-state index contributed by atoms with van der Waals surface area (Å²) in [6.07, 6.45) is 0.711. The number of phenolic OH excluding ortho intramolecular Hbond substituents is 1. The van der Waals surface area contributed by atoms with Crippen molar-refractivity contribution in [1.82, 2.24) is 4.98 Å². The van der Waals surface area contributed by atoms with Crippen LogP contribution in [-0.4, -0.2) is 20.1 Å². The van der Waals surface area contributed by atoms with Gasteiger partial charge in [-0.1, -0.05) is 0 Å². The Labute approximate surface area is 180 Å². The average Bonchev–Trinajstić information content (AvgIpc) is 3.28. The summed E-state index contributed by atoms with van der Waals surface area (Å²) in [6, 6.07) is 6.50. The van der Waals surface area contributed by atoms with Gasteiger partial charge in [-0.15, -0.1) is 11.3 Å². The number of Topliss-reactive ketones (excluding diaryl/α,β-unsaturated/α-hetero) is 1. The number of aromatic nitrogens is 1. The van der Waals surface area contributed by atoms with Crippen molar-refractivity contribution in [2.75, 3.05) is 0 Å². The molecule has 0 fully saturated rings. The van der Waals surface area contributed by atoms with E-state index in [-0.39, 0.29) is 11.5 Å². The molecule has 0 bridgehead atoms. The van der Waals surface area contributed by atoms with Crippen LogP contribution < -0.4 is 0 Å². The monoisotopic (exact) mass is 439 g/mol. The van der Waals surface area contributed by atoms with Gasteiger partial charge in [-0.25, -0.2) is 0 Å². The zero-order valence-electron chi connectivity index (χ0n) is 16.1. The van der Waals surface area contributed by atoms with Gasteiger partial charge in [0.15, 0.2) is 0 Å². The van der Waals surface area contributed by atoms with Gasteiger partial charge in [0.25, 0.3) is 0 Å². The van der Waals surface area contributed by atoms with Crippen LogP contribution in [0.25, 0.3) is 63.5 Å². The van der Waals surface area contributed by atoms with E-state index in [1.54, 1.807) is 11.3 Å². The SMILES string of the molecule is O=C1Cc2cc3[nH]c4cc5c6c(cc7sc8c(O)c(c2c2c3c4c6c7c82)C1)CS(=O)C5. The molecule has 1 unspecified atom stereocenters. The fourth-order valence-electron chi connectivity index (χ4n) is 6.65. The average molecular weight is 440 g/mol. The molecule has 0 saturated heterocycles. The minimum absolute atomic E-state index is 0.154. The molecular formula is C25H13NO3S2. The number of hydrogen-bond acceptors (Lipinski definition) is 4. The summed E-state index contributed by atoms with van der Waals surface area (Å²) in [6.45, 7) is 0. The lowest BCUT2D eigenvalue weighted by molar-refractivity contribution is -0.117. The molecule has 148 valence electrons. The number of carbonyl (C=O) groups is 1. The van der Waals surface area contributed by atoms with E-state index in [4.69, 9.17) is 0 Å². The lowest BCUT2D eigenvalue weighted by Gasteiger charge is -2.23. The number of benzene rings is 5. The number of carbonyl (C=O) groups excluding carboxylic acids is 1. The van der Waals surface area contributed by atoms with Crippen molar-refractivity contribution in [3.63, 3.8) is 0 Å². The Kier molecular flexibility index (Phi) is 2.35.